The van der Waals surface area contributed by atoms with Gasteiger partial charge in [0.2, 0.25) is 6.29 Å². The van der Waals surface area contributed by atoms with Crippen molar-refractivity contribution in [3.8, 4) is 11.1 Å². The summed E-state index contributed by atoms with van der Waals surface area (Å²) in [5.74, 6) is 4.02. The Morgan fingerprint density at radius 2 is 1.45 bits per heavy atom. The molecule has 0 spiro atoms. The highest BCUT2D eigenvalue weighted by Crippen LogP contribution is 2.48. The maximum absolute atomic E-state index is 6.84. The molecule has 0 radical (unpaired) electrons. The van der Waals surface area contributed by atoms with Gasteiger partial charge in [0.1, 0.15) is 0 Å². The van der Waals surface area contributed by atoms with Crippen LogP contribution in [0, 0.1) is 23.7 Å². The molecule has 5 rings (SSSR count). The minimum atomic E-state index is -0.304. The zero-order chi connectivity index (χ0) is 26.5. The second kappa shape index (κ2) is 12.7. The normalized spacial score (nSPS) is 19.6. The number of benzene rings is 2. The molecule has 2 heteroatoms. The molecule has 38 heavy (non-hydrogen) atoms. The molecule has 0 bridgehead atoms. The zero-order valence-corrected chi connectivity index (χ0v) is 24.1. The molecule has 0 heterocycles. The van der Waals surface area contributed by atoms with Crippen LogP contribution in [0.2, 0.25) is 0 Å². The fourth-order valence-corrected chi connectivity index (χ4v) is 7.06. The van der Waals surface area contributed by atoms with Crippen LogP contribution in [0.15, 0.2) is 72.0 Å². The monoisotopic (exact) mass is 512 g/mol. The van der Waals surface area contributed by atoms with E-state index in [1.165, 1.54) is 60.8 Å². The third-order valence-corrected chi connectivity index (χ3v) is 9.10. The maximum Gasteiger partial charge on any atom is 0.210 e. The highest BCUT2D eigenvalue weighted by atomic mass is 16.7. The largest absolute Gasteiger partial charge is 0.468 e. The van der Waals surface area contributed by atoms with Gasteiger partial charge in [-0.1, -0.05) is 120 Å². The predicted octanol–water partition coefficient (Wildman–Crippen LogP) is 10.1. The second-order valence-electron chi connectivity index (χ2n) is 12.7. The summed E-state index contributed by atoms with van der Waals surface area (Å²) in [7, 11) is 0. The van der Waals surface area contributed by atoms with Crippen LogP contribution in [-0.2, 0) is 9.47 Å². The van der Waals surface area contributed by atoms with Gasteiger partial charge in [0.25, 0.3) is 0 Å². The van der Waals surface area contributed by atoms with Gasteiger partial charge in [-0.15, -0.1) is 0 Å². The van der Waals surface area contributed by atoms with Gasteiger partial charge in [-0.2, -0.15) is 0 Å². The molecule has 2 aromatic rings. The summed E-state index contributed by atoms with van der Waals surface area (Å²) in [6, 6.07) is 17.7. The number of hydrogen-bond acceptors (Lipinski definition) is 2. The van der Waals surface area contributed by atoms with E-state index >= 15 is 0 Å². The van der Waals surface area contributed by atoms with Gasteiger partial charge in [0.05, 0.1) is 18.3 Å². The number of hydrogen-bond donors (Lipinski definition) is 0. The SMILES string of the molecule is CC(C)CC(C1=CC=C(OC(OCCC2CCCCC2)C2c3ccccc3-c3ccccc32)CC1)C(C)C. The van der Waals surface area contributed by atoms with Crippen molar-refractivity contribution in [2.75, 3.05) is 6.61 Å². The summed E-state index contributed by atoms with van der Waals surface area (Å²) < 4.78 is 13.6. The van der Waals surface area contributed by atoms with Crippen LogP contribution in [0.5, 0.6) is 0 Å². The molecular weight excluding hydrogens is 464 g/mol. The number of allylic oxidation sites excluding steroid dienone is 4. The molecule has 0 aliphatic heterocycles. The first-order chi connectivity index (χ1) is 18.5. The first-order valence-corrected chi connectivity index (χ1v) is 15.4. The number of fused-ring (bicyclic) bond motifs is 3. The molecule has 2 unspecified atom stereocenters. The van der Waals surface area contributed by atoms with Crippen molar-refractivity contribution >= 4 is 0 Å². The summed E-state index contributed by atoms with van der Waals surface area (Å²) >= 11 is 0. The van der Waals surface area contributed by atoms with Gasteiger partial charge in [-0.3, -0.25) is 0 Å². The van der Waals surface area contributed by atoms with E-state index in [0.29, 0.717) is 11.8 Å². The first kappa shape index (κ1) is 27.3. The molecular formula is C36H48O2. The van der Waals surface area contributed by atoms with Gasteiger partial charge in [-0.25, -0.2) is 0 Å². The van der Waals surface area contributed by atoms with Crippen molar-refractivity contribution in [2.45, 2.75) is 97.7 Å². The molecule has 0 aromatic heterocycles. The van der Waals surface area contributed by atoms with Gasteiger partial charge >= 0.3 is 0 Å². The molecule has 2 aromatic carbocycles. The summed E-state index contributed by atoms with van der Waals surface area (Å²) in [5, 5.41) is 0. The minimum Gasteiger partial charge on any atom is -0.468 e. The Balaban J connectivity index is 1.38. The lowest BCUT2D eigenvalue weighted by molar-refractivity contribution is -0.129. The van der Waals surface area contributed by atoms with E-state index in [9.17, 15) is 0 Å². The zero-order valence-electron chi connectivity index (χ0n) is 24.1. The van der Waals surface area contributed by atoms with E-state index in [1.807, 2.05) is 0 Å². The Labute approximate surface area is 231 Å². The van der Waals surface area contributed by atoms with Crippen molar-refractivity contribution in [3.63, 3.8) is 0 Å². The Morgan fingerprint density at radius 1 is 0.789 bits per heavy atom. The fourth-order valence-electron chi connectivity index (χ4n) is 7.06. The standard InChI is InChI=1S/C36H48O2/c1-25(2)24-34(26(3)4)28-18-20-29(21-19-28)38-36(37-23-22-27-12-6-5-7-13-27)35-32-16-10-8-14-30(32)31-15-9-11-17-33(31)35/h8-11,14-18,20,25-27,34-36H,5-7,12-13,19,21-24H2,1-4H3. The quantitative estimate of drug-likeness (QED) is 0.279. The summed E-state index contributed by atoms with van der Waals surface area (Å²) in [5.41, 5.74) is 6.91. The summed E-state index contributed by atoms with van der Waals surface area (Å²) in [4.78, 5) is 0. The van der Waals surface area contributed by atoms with E-state index in [2.05, 4.69) is 88.4 Å². The lowest BCUT2D eigenvalue weighted by Crippen LogP contribution is -2.27. The maximum atomic E-state index is 6.84. The van der Waals surface area contributed by atoms with Crippen molar-refractivity contribution in [3.05, 3.63) is 83.1 Å². The Morgan fingerprint density at radius 3 is 2.03 bits per heavy atom. The summed E-state index contributed by atoms with van der Waals surface area (Å²) in [6.45, 7) is 10.2. The molecule has 2 nitrogen and oxygen atoms in total. The molecule has 1 fully saturated rings. The van der Waals surface area contributed by atoms with E-state index in [4.69, 9.17) is 9.47 Å². The van der Waals surface area contributed by atoms with Gasteiger partial charge < -0.3 is 9.47 Å². The van der Waals surface area contributed by atoms with Crippen LogP contribution in [0.3, 0.4) is 0 Å². The van der Waals surface area contributed by atoms with E-state index in [1.54, 1.807) is 5.57 Å². The number of rotatable bonds is 11. The van der Waals surface area contributed by atoms with Crippen molar-refractivity contribution in [2.24, 2.45) is 23.7 Å². The van der Waals surface area contributed by atoms with Gasteiger partial charge in [-0.05, 0) is 71.3 Å². The second-order valence-corrected chi connectivity index (χ2v) is 12.7. The minimum absolute atomic E-state index is 0.101. The van der Waals surface area contributed by atoms with Crippen LogP contribution < -0.4 is 0 Å². The average molecular weight is 513 g/mol. The Kier molecular flexibility index (Phi) is 9.10. The van der Waals surface area contributed by atoms with Crippen LogP contribution >= 0.6 is 0 Å². The van der Waals surface area contributed by atoms with Crippen molar-refractivity contribution in [1.29, 1.82) is 0 Å². The summed E-state index contributed by atoms with van der Waals surface area (Å²) in [6.07, 6.45) is 15.6. The fraction of sp³-hybridized carbons (Fsp3) is 0.556. The van der Waals surface area contributed by atoms with E-state index < -0.39 is 0 Å². The van der Waals surface area contributed by atoms with E-state index in [0.717, 1.165) is 43.5 Å². The van der Waals surface area contributed by atoms with Crippen LogP contribution in [0.1, 0.15) is 103 Å². The predicted molar refractivity (Wildman–Crippen MR) is 159 cm³/mol. The average Bonchev–Trinajstić information content (AvgIpc) is 3.26. The first-order valence-electron chi connectivity index (χ1n) is 15.4. The molecule has 0 amide bonds. The van der Waals surface area contributed by atoms with Crippen molar-refractivity contribution < 1.29 is 9.47 Å². The molecule has 204 valence electrons. The molecule has 3 aliphatic rings. The lowest BCUT2D eigenvalue weighted by atomic mass is 9.79. The van der Waals surface area contributed by atoms with Crippen LogP contribution in [0.25, 0.3) is 11.1 Å². The van der Waals surface area contributed by atoms with Gasteiger partial charge in [0.15, 0.2) is 0 Å². The smallest absolute Gasteiger partial charge is 0.210 e. The van der Waals surface area contributed by atoms with Gasteiger partial charge in [0, 0.05) is 6.42 Å². The van der Waals surface area contributed by atoms with Crippen LogP contribution in [-0.4, -0.2) is 12.9 Å². The third kappa shape index (κ3) is 6.28. The lowest BCUT2D eigenvalue weighted by Gasteiger charge is -2.31. The Bertz CT molecular complexity index is 1070. The molecule has 0 N–H and O–H groups in total. The highest BCUT2D eigenvalue weighted by molar-refractivity contribution is 5.78. The molecule has 3 aliphatic carbocycles. The highest BCUT2D eigenvalue weighted by Gasteiger charge is 2.37. The number of ether oxygens (including phenoxy) is 2. The molecule has 2 atom stereocenters. The molecule has 1 saturated carbocycles. The third-order valence-electron chi connectivity index (χ3n) is 9.10. The molecule has 0 saturated heterocycles. The van der Waals surface area contributed by atoms with Crippen LogP contribution in [0.4, 0.5) is 0 Å². The Hall–Kier alpha value is -2.32. The van der Waals surface area contributed by atoms with E-state index in [-0.39, 0.29) is 12.2 Å². The van der Waals surface area contributed by atoms with Crippen molar-refractivity contribution in [1.82, 2.24) is 0 Å². The topological polar surface area (TPSA) is 18.5 Å².